The van der Waals surface area contributed by atoms with Crippen molar-refractivity contribution in [3.63, 3.8) is 0 Å². The lowest BCUT2D eigenvalue weighted by Gasteiger charge is -2.31. The van der Waals surface area contributed by atoms with Crippen LogP contribution < -0.4 is 10.1 Å². The molecule has 2 atom stereocenters. The molecule has 3 nitrogen and oxygen atoms in total. The van der Waals surface area contributed by atoms with Gasteiger partial charge in [0, 0.05) is 16.7 Å². The van der Waals surface area contributed by atoms with Gasteiger partial charge in [-0.2, -0.15) is 0 Å². The summed E-state index contributed by atoms with van der Waals surface area (Å²) in [6.45, 7) is 0. The third kappa shape index (κ3) is 2.80. The van der Waals surface area contributed by atoms with Gasteiger partial charge in [0.05, 0.1) is 12.5 Å². The molecule has 1 aliphatic rings. The summed E-state index contributed by atoms with van der Waals surface area (Å²) in [6, 6.07) is 10.5. The highest BCUT2D eigenvalue weighted by Crippen LogP contribution is 2.36. The number of hydrogen-bond acceptors (Lipinski definition) is 4. The number of nitrogens with one attached hydrogen (secondary N) is 1. The summed E-state index contributed by atoms with van der Waals surface area (Å²) in [7, 11) is 1.99. The van der Waals surface area contributed by atoms with Gasteiger partial charge in [-0.25, -0.2) is 0 Å². The van der Waals surface area contributed by atoms with Crippen molar-refractivity contribution in [2.45, 2.75) is 23.5 Å². The van der Waals surface area contributed by atoms with Crippen molar-refractivity contribution in [3.05, 3.63) is 48.4 Å². The molecule has 0 bridgehead atoms. The second-order valence-electron chi connectivity index (χ2n) is 4.64. The Morgan fingerprint density at radius 1 is 1.37 bits per heavy atom. The zero-order chi connectivity index (χ0) is 13.1. The first-order valence-electron chi connectivity index (χ1n) is 6.43. The Kier molecular flexibility index (Phi) is 3.80. The number of para-hydroxylation sites is 1. The molecular formula is C15H17NO2S. The lowest BCUT2D eigenvalue weighted by Crippen LogP contribution is -2.45. The molecule has 1 aliphatic heterocycles. The van der Waals surface area contributed by atoms with E-state index in [-0.39, 0.29) is 6.10 Å². The number of thioether (sulfide) groups is 1. The van der Waals surface area contributed by atoms with Crippen molar-refractivity contribution in [3.8, 4) is 5.75 Å². The van der Waals surface area contributed by atoms with E-state index in [0.717, 1.165) is 17.9 Å². The Hall–Kier alpha value is -1.39. The maximum absolute atomic E-state index is 6.12. The van der Waals surface area contributed by atoms with Crippen LogP contribution in [-0.4, -0.2) is 24.9 Å². The monoisotopic (exact) mass is 275 g/mol. The molecule has 0 amide bonds. The summed E-state index contributed by atoms with van der Waals surface area (Å²) in [4.78, 5) is 1.23. The highest BCUT2D eigenvalue weighted by atomic mass is 32.2. The predicted molar refractivity (Wildman–Crippen MR) is 76.8 cm³/mol. The Bertz CT molecular complexity index is 527. The first kappa shape index (κ1) is 12.6. The van der Waals surface area contributed by atoms with E-state index in [1.807, 2.05) is 37.0 Å². The highest BCUT2D eigenvalue weighted by Gasteiger charge is 2.27. The number of hydrogen-bond donors (Lipinski definition) is 1. The number of rotatable bonds is 4. The molecule has 3 rings (SSSR count). The lowest BCUT2D eigenvalue weighted by atomic mass is 10.0. The average Bonchev–Trinajstić information content (AvgIpc) is 2.97. The average molecular weight is 275 g/mol. The van der Waals surface area contributed by atoms with Gasteiger partial charge in [-0.05, 0) is 37.2 Å². The molecule has 2 heterocycles. The van der Waals surface area contributed by atoms with E-state index < -0.39 is 0 Å². The van der Waals surface area contributed by atoms with Crippen molar-refractivity contribution in [1.29, 1.82) is 0 Å². The molecule has 0 aliphatic carbocycles. The Balaban J connectivity index is 1.72. The van der Waals surface area contributed by atoms with Crippen molar-refractivity contribution in [2.24, 2.45) is 0 Å². The van der Waals surface area contributed by atoms with E-state index in [1.165, 1.54) is 10.5 Å². The largest absolute Gasteiger partial charge is 0.487 e. The van der Waals surface area contributed by atoms with Crippen LogP contribution in [0.1, 0.15) is 5.56 Å². The van der Waals surface area contributed by atoms with Gasteiger partial charge in [0.2, 0.25) is 0 Å². The van der Waals surface area contributed by atoms with Gasteiger partial charge in [-0.15, -0.1) is 11.8 Å². The number of ether oxygens (including phenoxy) is 1. The predicted octanol–water partition coefficient (Wildman–Crippen LogP) is 2.96. The summed E-state index contributed by atoms with van der Waals surface area (Å²) in [5.41, 5.74) is 1.20. The van der Waals surface area contributed by atoms with Crippen LogP contribution in [0.4, 0.5) is 0 Å². The Morgan fingerprint density at radius 2 is 2.26 bits per heavy atom. The van der Waals surface area contributed by atoms with Crippen molar-refractivity contribution < 1.29 is 9.15 Å². The van der Waals surface area contributed by atoms with E-state index in [9.17, 15) is 0 Å². The van der Waals surface area contributed by atoms with E-state index in [0.29, 0.717) is 6.04 Å². The first-order chi connectivity index (χ1) is 9.36. The normalized spacial score (nSPS) is 19.5. The minimum Gasteiger partial charge on any atom is -0.487 e. The van der Waals surface area contributed by atoms with Gasteiger partial charge in [0.15, 0.2) is 0 Å². The summed E-state index contributed by atoms with van der Waals surface area (Å²) < 4.78 is 11.2. The summed E-state index contributed by atoms with van der Waals surface area (Å²) in [5.74, 6) is 1.97. The van der Waals surface area contributed by atoms with Crippen LogP contribution in [0.25, 0.3) is 0 Å². The fourth-order valence-electron chi connectivity index (χ4n) is 2.32. The second kappa shape index (κ2) is 5.72. The van der Waals surface area contributed by atoms with Gasteiger partial charge in [-0.3, -0.25) is 0 Å². The molecule has 0 saturated heterocycles. The van der Waals surface area contributed by atoms with E-state index in [2.05, 4.69) is 17.4 Å². The number of fused-ring (bicyclic) bond motifs is 1. The lowest BCUT2D eigenvalue weighted by molar-refractivity contribution is 0.169. The molecule has 0 spiro atoms. The van der Waals surface area contributed by atoms with Crippen molar-refractivity contribution >= 4 is 11.8 Å². The number of benzene rings is 1. The van der Waals surface area contributed by atoms with Crippen LogP contribution in [0, 0.1) is 0 Å². The third-order valence-electron chi connectivity index (χ3n) is 3.39. The zero-order valence-electron chi connectivity index (χ0n) is 10.8. The minimum absolute atomic E-state index is 0.180. The SMILES string of the molecule is CNC(Cc1ccoc1)C1CSc2ccccc2O1. The van der Waals surface area contributed by atoms with Crippen LogP contribution in [0.3, 0.4) is 0 Å². The zero-order valence-corrected chi connectivity index (χ0v) is 11.7. The third-order valence-corrected chi connectivity index (χ3v) is 4.53. The summed E-state index contributed by atoms with van der Waals surface area (Å²) in [6.07, 6.45) is 4.61. The molecule has 1 aromatic carbocycles. The van der Waals surface area contributed by atoms with Gasteiger partial charge >= 0.3 is 0 Å². The van der Waals surface area contributed by atoms with Gasteiger partial charge in [-0.1, -0.05) is 12.1 Å². The topological polar surface area (TPSA) is 34.4 Å². The van der Waals surface area contributed by atoms with Crippen LogP contribution in [0.5, 0.6) is 5.75 Å². The molecule has 0 saturated carbocycles. The first-order valence-corrected chi connectivity index (χ1v) is 7.42. The van der Waals surface area contributed by atoms with Crippen molar-refractivity contribution in [1.82, 2.24) is 5.32 Å². The van der Waals surface area contributed by atoms with Crippen LogP contribution in [0.2, 0.25) is 0 Å². The molecule has 2 aromatic rings. The minimum atomic E-state index is 0.180. The summed E-state index contributed by atoms with van der Waals surface area (Å²) in [5, 5.41) is 3.36. The molecule has 19 heavy (non-hydrogen) atoms. The molecule has 4 heteroatoms. The number of likely N-dealkylation sites (N-methyl/N-ethyl adjacent to an activating group) is 1. The second-order valence-corrected chi connectivity index (χ2v) is 5.71. The van der Waals surface area contributed by atoms with Crippen LogP contribution in [0.15, 0.2) is 52.2 Å². The Labute approximate surface area is 117 Å². The maximum atomic E-state index is 6.12. The molecule has 1 aromatic heterocycles. The molecule has 0 fully saturated rings. The molecule has 100 valence electrons. The van der Waals surface area contributed by atoms with E-state index in [1.54, 1.807) is 12.5 Å². The fraction of sp³-hybridized carbons (Fsp3) is 0.333. The maximum Gasteiger partial charge on any atom is 0.133 e. The van der Waals surface area contributed by atoms with Gasteiger partial charge in [0.1, 0.15) is 11.9 Å². The van der Waals surface area contributed by atoms with Crippen molar-refractivity contribution in [2.75, 3.05) is 12.8 Å². The van der Waals surface area contributed by atoms with Gasteiger partial charge in [0.25, 0.3) is 0 Å². The smallest absolute Gasteiger partial charge is 0.133 e. The molecule has 2 unspecified atom stereocenters. The van der Waals surface area contributed by atoms with E-state index in [4.69, 9.17) is 9.15 Å². The summed E-state index contributed by atoms with van der Waals surface area (Å²) >= 11 is 1.86. The van der Waals surface area contributed by atoms with Crippen LogP contribution >= 0.6 is 11.8 Å². The Morgan fingerprint density at radius 3 is 3.05 bits per heavy atom. The quantitative estimate of drug-likeness (QED) is 0.930. The number of furan rings is 1. The van der Waals surface area contributed by atoms with E-state index >= 15 is 0 Å². The molecule has 1 N–H and O–H groups in total. The standard InChI is InChI=1S/C15H17NO2S/c1-16-12(8-11-6-7-17-9-11)14-10-19-15-5-3-2-4-13(15)18-14/h2-7,9,12,14,16H,8,10H2,1H3. The van der Waals surface area contributed by atoms with Gasteiger partial charge < -0.3 is 14.5 Å². The van der Waals surface area contributed by atoms with Crippen LogP contribution in [-0.2, 0) is 6.42 Å². The highest BCUT2D eigenvalue weighted by molar-refractivity contribution is 7.99. The molecular weight excluding hydrogens is 258 g/mol. The molecule has 0 radical (unpaired) electrons. The fourth-order valence-corrected chi connectivity index (χ4v) is 3.39.